The fourth-order valence-corrected chi connectivity index (χ4v) is 4.54. The zero-order valence-electron chi connectivity index (χ0n) is 20.0. The molecule has 1 aromatic heterocycles. The number of amides is 2. The van der Waals surface area contributed by atoms with Gasteiger partial charge in [0.05, 0.1) is 0 Å². The highest BCUT2D eigenvalue weighted by molar-refractivity contribution is 5.99. The lowest BCUT2D eigenvalue weighted by Crippen LogP contribution is -2.49. The summed E-state index contributed by atoms with van der Waals surface area (Å²) in [5.74, 6) is -1.09. The van der Waals surface area contributed by atoms with Crippen LogP contribution in [-0.4, -0.2) is 52.4 Å². The molecule has 1 aliphatic carbocycles. The predicted molar refractivity (Wildman–Crippen MR) is 134 cm³/mol. The van der Waals surface area contributed by atoms with E-state index < -0.39 is 11.3 Å². The molecule has 2 amide bonds. The first kappa shape index (κ1) is 23.9. The van der Waals surface area contributed by atoms with Crippen molar-refractivity contribution in [2.24, 2.45) is 0 Å². The summed E-state index contributed by atoms with van der Waals surface area (Å²) < 4.78 is 15.3. The summed E-state index contributed by atoms with van der Waals surface area (Å²) in [5.41, 5.74) is 1.30. The molecule has 2 aliphatic rings. The quantitative estimate of drug-likeness (QED) is 0.554. The second-order valence-electron chi connectivity index (χ2n) is 9.46. The molecule has 7 nitrogen and oxygen atoms in total. The second-order valence-corrected chi connectivity index (χ2v) is 9.46. The topological polar surface area (TPSA) is 74.7 Å². The van der Waals surface area contributed by atoms with Crippen LogP contribution < -0.4 is 10.7 Å². The molecule has 0 spiro atoms. The summed E-state index contributed by atoms with van der Waals surface area (Å²) in [6.45, 7) is 3.06. The Bertz CT molecular complexity index is 1310. The Morgan fingerprint density at radius 1 is 0.889 bits per heavy atom. The largest absolute Gasteiger partial charge is 0.349 e. The number of pyridine rings is 1. The number of hydrogen-bond acceptors (Lipinski definition) is 4. The van der Waals surface area contributed by atoms with Gasteiger partial charge in [-0.25, -0.2) is 4.39 Å². The minimum atomic E-state index is -0.537. The third kappa shape index (κ3) is 5.54. The number of carbonyl (C=O) groups excluding carboxylic acids is 2. The zero-order valence-corrected chi connectivity index (χ0v) is 20.0. The highest BCUT2D eigenvalue weighted by atomic mass is 19.1. The average Bonchev–Trinajstić information content (AvgIpc) is 3.74. The van der Waals surface area contributed by atoms with Crippen molar-refractivity contribution in [3.63, 3.8) is 0 Å². The van der Waals surface area contributed by atoms with Gasteiger partial charge in [0.15, 0.2) is 0 Å². The molecule has 186 valence electrons. The Balaban J connectivity index is 1.29. The number of rotatable bonds is 7. The number of aromatic nitrogens is 1. The van der Waals surface area contributed by atoms with E-state index in [4.69, 9.17) is 0 Å². The summed E-state index contributed by atoms with van der Waals surface area (Å²) in [6, 6.07) is 16.2. The van der Waals surface area contributed by atoms with Crippen molar-refractivity contribution in [3.8, 4) is 0 Å². The molecule has 0 bridgehead atoms. The van der Waals surface area contributed by atoms with Crippen molar-refractivity contribution in [3.05, 3.63) is 105 Å². The predicted octanol–water partition coefficient (Wildman–Crippen LogP) is 3.21. The van der Waals surface area contributed by atoms with E-state index in [0.29, 0.717) is 39.3 Å². The van der Waals surface area contributed by atoms with Crippen LogP contribution in [-0.2, 0) is 13.1 Å². The monoisotopic (exact) mass is 488 g/mol. The minimum absolute atomic E-state index is 0.00609. The first-order chi connectivity index (χ1) is 17.5. The summed E-state index contributed by atoms with van der Waals surface area (Å²) in [5, 5.41) is 2.81. The van der Waals surface area contributed by atoms with E-state index in [1.807, 2.05) is 41.0 Å². The lowest BCUT2D eigenvalue weighted by molar-refractivity contribution is 0.0626. The molecular formula is C28H29FN4O3. The molecule has 2 aromatic carbocycles. The number of hydrogen-bond donors (Lipinski definition) is 1. The van der Waals surface area contributed by atoms with Crippen molar-refractivity contribution in [2.75, 3.05) is 26.2 Å². The van der Waals surface area contributed by atoms with Gasteiger partial charge in [0.2, 0.25) is 5.43 Å². The van der Waals surface area contributed by atoms with E-state index >= 15 is 0 Å². The van der Waals surface area contributed by atoms with Crippen LogP contribution >= 0.6 is 0 Å². The van der Waals surface area contributed by atoms with Crippen LogP contribution in [0.15, 0.2) is 71.8 Å². The molecule has 0 radical (unpaired) electrons. The zero-order chi connectivity index (χ0) is 25.1. The van der Waals surface area contributed by atoms with Gasteiger partial charge in [0.25, 0.3) is 11.8 Å². The van der Waals surface area contributed by atoms with Crippen LogP contribution in [0, 0.1) is 5.82 Å². The number of piperazine rings is 1. The summed E-state index contributed by atoms with van der Waals surface area (Å²) in [7, 11) is 0. The Morgan fingerprint density at radius 2 is 1.58 bits per heavy atom. The molecule has 1 saturated heterocycles. The molecule has 2 heterocycles. The third-order valence-electron chi connectivity index (χ3n) is 6.74. The molecule has 0 unspecified atom stereocenters. The van der Waals surface area contributed by atoms with Gasteiger partial charge in [-0.3, -0.25) is 19.3 Å². The van der Waals surface area contributed by atoms with Gasteiger partial charge in [-0.2, -0.15) is 0 Å². The number of carbonyl (C=O) groups is 2. The van der Waals surface area contributed by atoms with Gasteiger partial charge in [-0.1, -0.05) is 42.5 Å². The Morgan fingerprint density at radius 3 is 2.28 bits per heavy atom. The Labute approximate surface area is 209 Å². The number of nitrogens with one attached hydrogen (secondary N) is 1. The van der Waals surface area contributed by atoms with Crippen LogP contribution in [0.25, 0.3) is 0 Å². The fourth-order valence-electron chi connectivity index (χ4n) is 4.54. The highest BCUT2D eigenvalue weighted by Crippen LogP contribution is 2.34. The molecular weight excluding hydrogens is 459 g/mol. The Hall–Kier alpha value is -3.78. The van der Waals surface area contributed by atoms with E-state index in [1.165, 1.54) is 12.1 Å². The van der Waals surface area contributed by atoms with Gasteiger partial charge in [-0.05, 0) is 36.1 Å². The van der Waals surface area contributed by atoms with Crippen molar-refractivity contribution < 1.29 is 14.0 Å². The SMILES string of the molecule is O=C(NCc1ccccc1)c1cn(C2CC2)cc(C(=O)N2CCN(Cc3cccc(F)c3)CC2)c1=O. The Kier molecular flexibility index (Phi) is 6.95. The van der Waals surface area contributed by atoms with E-state index in [-0.39, 0.29) is 28.9 Å². The average molecular weight is 489 g/mol. The second kappa shape index (κ2) is 10.5. The van der Waals surface area contributed by atoms with Crippen LogP contribution in [0.5, 0.6) is 0 Å². The van der Waals surface area contributed by atoms with Crippen molar-refractivity contribution in [1.29, 1.82) is 0 Å². The maximum Gasteiger partial charge on any atom is 0.259 e. The molecule has 1 N–H and O–H groups in total. The van der Waals surface area contributed by atoms with E-state index in [1.54, 1.807) is 23.4 Å². The molecule has 3 aromatic rings. The van der Waals surface area contributed by atoms with Crippen molar-refractivity contribution in [1.82, 2.24) is 19.7 Å². The lowest BCUT2D eigenvalue weighted by atomic mass is 10.1. The van der Waals surface area contributed by atoms with E-state index in [2.05, 4.69) is 10.2 Å². The summed E-state index contributed by atoms with van der Waals surface area (Å²) in [4.78, 5) is 43.4. The molecule has 2 fully saturated rings. The van der Waals surface area contributed by atoms with Gasteiger partial charge >= 0.3 is 0 Å². The summed E-state index contributed by atoms with van der Waals surface area (Å²) >= 11 is 0. The first-order valence-electron chi connectivity index (χ1n) is 12.3. The van der Waals surface area contributed by atoms with Gasteiger partial charge in [0.1, 0.15) is 16.9 Å². The highest BCUT2D eigenvalue weighted by Gasteiger charge is 2.30. The normalized spacial score (nSPS) is 16.1. The molecule has 5 rings (SSSR count). The molecule has 36 heavy (non-hydrogen) atoms. The lowest BCUT2D eigenvalue weighted by Gasteiger charge is -2.34. The van der Waals surface area contributed by atoms with Gasteiger partial charge in [-0.15, -0.1) is 0 Å². The molecule has 1 saturated carbocycles. The number of benzene rings is 2. The molecule has 8 heteroatoms. The standard InChI is InChI=1S/C28H29FN4O3/c29-22-8-4-7-21(15-22)17-31-11-13-32(14-12-31)28(36)25-19-33(23-9-10-23)18-24(26(25)34)27(35)30-16-20-5-2-1-3-6-20/h1-8,15,18-19,23H,9-14,16-17H2,(H,30,35). The van der Waals surface area contributed by atoms with Gasteiger partial charge in [0, 0.05) is 57.7 Å². The maximum absolute atomic E-state index is 13.5. The van der Waals surface area contributed by atoms with Crippen molar-refractivity contribution >= 4 is 11.8 Å². The van der Waals surface area contributed by atoms with E-state index in [9.17, 15) is 18.8 Å². The smallest absolute Gasteiger partial charge is 0.259 e. The molecule has 1 aliphatic heterocycles. The maximum atomic E-state index is 13.5. The molecule has 0 atom stereocenters. The van der Waals surface area contributed by atoms with Crippen LogP contribution in [0.3, 0.4) is 0 Å². The van der Waals surface area contributed by atoms with Crippen LogP contribution in [0.2, 0.25) is 0 Å². The van der Waals surface area contributed by atoms with Gasteiger partial charge < -0.3 is 14.8 Å². The third-order valence-corrected chi connectivity index (χ3v) is 6.74. The summed E-state index contributed by atoms with van der Waals surface area (Å²) in [6.07, 6.45) is 5.10. The first-order valence-corrected chi connectivity index (χ1v) is 12.3. The minimum Gasteiger partial charge on any atom is -0.349 e. The number of halogens is 1. The van der Waals surface area contributed by atoms with Crippen LogP contribution in [0.1, 0.15) is 50.7 Å². The van der Waals surface area contributed by atoms with Crippen molar-refractivity contribution in [2.45, 2.75) is 32.0 Å². The van der Waals surface area contributed by atoms with E-state index in [0.717, 1.165) is 24.0 Å². The fraction of sp³-hybridized carbons (Fsp3) is 0.321. The number of nitrogens with zero attached hydrogens (tertiary/aromatic N) is 3. The van der Waals surface area contributed by atoms with Crippen LogP contribution in [0.4, 0.5) is 4.39 Å².